The molecule has 0 heterocycles. The third kappa shape index (κ3) is 12.0. The molecule has 3 N–H and O–H groups in total. The van der Waals surface area contributed by atoms with Crippen molar-refractivity contribution < 1.29 is 58.0 Å². The summed E-state index contributed by atoms with van der Waals surface area (Å²) in [6.45, 7) is 5.72. The smallest absolute Gasteiger partial charge is 0.497 e. The summed E-state index contributed by atoms with van der Waals surface area (Å²) < 4.78 is 11.1. The Bertz CT molecular complexity index is 1010. The number of hydrogen-bond acceptors (Lipinski definition) is 6. The van der Waals surface area contributed by atoms with E-state index in [-0.39, 0.29) is 56.2 Å². The van der Waals surface area contributed by atoms with Crippen LogP contribution in [0.15, 0.2) is 53.0 Å². The second kappa shape index (κ2) is 18.1. The average molecular weight is 587 g/mol. The monoisotopic (exact) mass is 586 g/mol. The van der Waals surface area contributed by atoms with Crippen molar-refractivity contribution in [3.63, 3.8) is 0 Å². The number of benzene rings is 2. The van der Waals surface area contributed by atoms with Gasteiger partial charge in [0.15, 0.2) is 0 Å². The van der Waals surface area contributed by atoms with Gasteiger partial charge in [0.05, 0.1) is 31.7 Å². The summed E-state index contributed by atoms with van der Waals surface area (Å²) in [5, 5.41) is 27.2. The maximum absolute atomic E-state index is 10.7. The van der Waals surface area contributed by atoms with Crippen molar-refractivity contribution in [1.29, 1.82) is 0 Å². The molecule has 8 nitrogen and oxygen atoms in total. The number of carbonyl (C=O) groups excluding carboxylic acids is 1. The van der Waals surface area contributed by atoms with Crippen LogP contribution in [-0.2, 0) is 20.0 Å². The maximum atomic E-state index is 10.7. The first-order chi connectivity index (χ1) is 17.5. The van der Waals surface area contributed by atoms with Gasteiger partial charge in [0.2, 0.25) is 0 Å². The molecule has 4 rings (SSSR count). The van der Waals surface area contributed by atoms with Crippen molar-refractivity contribution in [2.24, 2.45) is 11.8 Å². The standard InChI is InChI=1S/C12H14O4.C7H7BrO.C5H6O3.C4H9.Li/c1-16-10-4-2-3-9(5-10)12(15)6-8(7-12)11(13)14;1-9-7-4-2-3-6(8)5-7;6-4-1-3(2-4)5(7)8;1-3-4-2;/h2-5,8,15H,6-7H2,1H3,(H,13,14);2-5H,1H3;3H,1-2H2,(H,7,8);1,3-4H2,2H3;/q;;;-1;+1. The van der Waals surface area contributed by atoms with Gasteiger partial charge in [-0.15, -0.1) is 0 Å². The van der Waals surface area contributed by atoms with Crippen LogP contribution in [0.5, 0.6) is 11.5 Å². The van der Waals surface area contributed by atoms with Crippen molar-refractivity contribution in [2.45, 2.75) is 51.0 Å². The van der Waals surface area contributed by atoms with Gasteiger partial charge >= 0.3 is 30.8 Å². The number of carbonyl (C=O) groups is 3. The summed E-state index contributed by atoms with van der Waals surface area (Å²) in [5.41, 5.74) is -0.276. The summed E-state index contributed by atoms with van der Waals surface area (Å²) in [5.74, 6) is -0.873. The van der Waals surface area contributed by atoms with Crippen LogP contribution < -0.4 is 28.3 Å². The maximum Gasteiger partial charge on any atom is 1.00 e. The molecule has 0 spiro atoms. The molecule has 0 radical (unpaired) electrons. The number of hydrogen-bond donors (Lipinski definition) is 3. The number of rotatable bonds is 6. The molecule has 0 atom stereocenters. The first-order valence-corrected chi connectivity index (χ1v) is 12.7. The molecule has 204 valence electrons. The second-order valence-corrected chi connectivity index (χ2v) is 9.62. The largest absolute Gasteiger partial charge is 1.00 e. The first-order valence-electron chi connectivity index (χ1n) is 11.9. The van der Waals surface area contributed by atoms with Crippen molar-refractivity contribution in [2.75, 3.05) is 14.2 Å². The molecule has 2 aromatic carbocycles. The number of unbranched alkanes of at least 4 members (excludes halogenated alkanes) is 1. The van der Waals surface area contributed by atoms with E-state index in [4.69, 9.17) is 19.7 Å². The number of ketones is 1. The number of methoxy groups -OCH3 is 2. The molecule has 2 aliphatic carbocycles. The quantitative estimate of drug-likeness (QED) is 0.348. The van der Waals surface area contributed by atoms with Gasteiger partial charge in [-0.3, -0.25) is 14.4 Å². The molecule has 0 aromatic heterocycles. The van der Waals surface area contributed by atoms with Crippen molar-refractivity contribution in [3.05, 3.63) is 65.5 Å². The molecule has 0 amide bonds. The van der Waals surface area contributed by atoms with Crippen LogP contribution >= 0.6 is 15.9 Å². The van der Waals surface area contributed by atoms with Gasteiger partial charge in [-0.05, 0) is 48.7 Å². The second-order valence-electron chi connectivity index (χ2n) is 8.70. The molecule has 0 aliphatic heterocycles. The Labute approximate surface area is 245 Å². The molecule has 0 saturated heterocycles. The third-order valence-corrected chi connectivity index (χ3v) is 6.30. The Morgan fingerprint density at radius 1 is 0.974 bits per heavy atom. The van der Waals surface area contributed by atoms with Crippen LogP contribution in [-0.4, -0.2) is 47.3 Å². The van der Waals surface area contributed by atoms with Crippen LogP contribution in [0.3, 0.4) is 0 Å². The zero-order valence-corrected chi connectivity index (χ0v) is 24.1. The van der Waals surface area contributed by atoms with Crippen molar-refractivity contribution >= 4 is 33.7 Å². The third-order valence-electron chi connectivity index (χ3n) is 5.81. The summed E-state index contributed by atoms with van der Waals surface area (Å²) in [6.07, 6.45) is 3.32. The Morgan fingerprint density at radius 3 is 1.79 bits per heavy atom. The summed E-state index contributed by atoms with van der Waals surface area (Å²) in [4.78, 5) is 30.8. The van der Waals surface area contributed by atoms with Crippen LogP contribution in [0.1, 0.15) is 51.0 Å². The normalized spacial score (nSPS) is 19.1. The van der Waals surface area contributed by atoms with Gasteiger partial charge in [0, 0.05) is 17.3 Å². The van der Waals surface area contributed by atoms with Gasteiger partial charge in [-0.1, -0.05) is 47.5 Å². The topological polar surface area (TPSA) is 130 Å². The number of halogens is 1. The molecule has 38 heavy (non-hydrogen) atoms. The van der Waals surface area contributed by atoms with Gasteiger partial charge in [-0.2, -0.15) is 6.42 Å². The minimum absolute atomic E-state index is 0. The Morgan fingerprint density at radius 2 is 1.45 bits per heavy atom. The van der Waals surface area contributed by atoms with E-state index in [1.807, 2.05) is 24.3 Å². The van der Waals surface area contributed by atoms with Gasteiger partial charge in [0.1, 0.15) is 17.3 Å². The summed E-state index contributed by atoms with van der Waals surface area (Å²) >= 11 is 3.32. The number of Topliss-reactive ketones (excluding diaryl/α,β-unsaturated/α-hetero) is 1. The summed E-state index contributed by atoms with van der Waals surface area (Å²) in [7, 11) is 3.21. The van der Waals surface area contributed by atoms with Crippen molar-refractivity contribution in [1.82, 2.24) is 0 Å². The van der Waals surface area contributed by atoms with E-state index in [1.54, 1.807) is 38.5 Å². The predicted molar refractivity (Wildman–Crippen MR) is 144 cm³/mol. The number of carboxylic acid groups (broad SMARTS) is 2. The molecule has 2 fully saturated rings. The van der Waals surface area contributed by atoms with Crippen molar-refractivity contribution in [3.8, 4) is 11.5 Å². The minimum atomic E-state index is -1.00. The summed E-state index contributed by atoms with van der Waals surface area (Å²) in [6, 6.07) is 14.8. The van der Waals surface area contributed by atoms with Gasteiger partial charge in [-0.25, -0.2) is 0 Å². The zero-order valence-electron chi connectivity index (χ0n) is 22.5. The Balaban J connectivity index is 0.000000532. The van der Waals surface area contributed by atoms with Crippen LogP contribution in [0.25, 0.3) is 0 Å². The molecule has 0 bridgehead atoms. The van der Waals surface area contributed by atoms with E-state index in [0.717, 1.165) is 22.2 Å². The van der Waals surface area contributed by atoms with E-state index in [1.165, 1.54) is 6.42 Å². The van der Waals surface area contributed by atoms with Gasteiger partial charge in [0.25, 0.3) is 0 Å². The molecule has 2 aliphatic rings. The molecule has 10 heteroatoms. The predicted octanol–water partition coefficient (Wildman–Crippen LogP) is 2.51. The zero-order chi connectivity index (χ0) is 28.0. The van der Waals surface area contributed by atoms with E-state index in [0.29, 0.717) is 5.75 Å². The fourth-order valence-corrected chi connectivity index (χ4v) is 3.72. The van der Waals surface area contributed by atoms with Crippen LogP contribution in [0, 0.1) is 18.8 Å². The molecule has 2 aromatic rings. The average Bonchev–Trinajstić information content (AvgIpc) is 2.85. The number of ether oxygens (including phenoxy) is 2. The molecule has 0 unspecified atom stereocenters. The molecular weight excluding hydrogens is 551 g/mol. The fourth-order valence-electron chi connectivity index (χ4n) is 3.34. The van der Waals surface area contributed by atoms with E-state index >= 15 is 0 Å². The molecule has 2 saturated carbocycles. The van der Waals surface area contributed by atoms with Crippen LogP contribution in [0.4, 0.5) is 0 Å². The number of carboxylic acids is 2. The Hall–Kier alpha value is -2.31. The first kappa shape index (κ1) is 35.7. The minimum Gasteiger partial charge on any atom is -0.497 e. The van der Waals surface area contributed by atoms with Crippen LogP contribution in [0.2, 0.25) is 0 Å². The SMILES string of the molecule is COc1cccc(Br)c1.COc1cccc(C2(O)CC(C(=O)O)C2)c1.O=C1CC(C(=O)O)C1.[CH2-]CCC.[Li+]. The number of aliphatic hydroxyl groups is 1. The fraction of sp³-hybridized carbons (Fsp3) is 0.429. The van der Waals surface area contributed by atoms with E-state index in [2.05, 4.69) is 29.8 Å². The van der Waals surface area contributed by atoms with E-state index < -0.39 is 23.5 Å². The Kier molecular flexibility index (Phi) is 17.0. The van der Waals surface area contributed by atoms with E-state index in [9.17, 15) is 19.5 Å². The number of aliphatic carboxylic acids is 2. The van der Waals surface area contributed by atoms with Gasteiger partial charge < -0.3 is 31.7 Å². The molecular formula is C28H36BrLiO8.